The largest absolute Gasteiger partial charge is 0.495 e. The number of aromatic nitrogens is 1. The van der Waals surface area contributed by atoms with E-state index in [0.717, 1.165) is 4.47 Å². The normalized spacial score (nSPS) is 10.1. The molecule has 0 saturated heterocycles. The SMILES string of the molecule is COc1ccc(Br)cc1NC(=O)c1ccc([N+](=O)[O-])[nH]1. The Morgan fingerprint density at radius 2 is 2.15 bits per heavy atom. The van der Waals surface area contributed by atoms with Gasteiger partial charge in [0.25, 0.3) is 5.91 Å². The van der Waals surface area contributed by atoms with E-state index in [-0.39, 0.29) is 11.5 Å². The second-order valence-corrected chi connectivity index (χ2v) is 4.73. The Balaban J connectivity index is 2.22. The molecule has 0 aliphatic rings. The Kier molecular flexibility index (Phi) is 4.04. The standard InChI is InChI=1S/C12H10BrN3O4/c1-20-10-4-2-7(13)6-9(10)15-12(17)8-3-5-11(14-8)16(18)19/h2-6,14H,1H3,(H,15,17). The molecular weight excluding hydrogens is 330 g/mol. The minimum absolute atomic E-state index is 0.0960. The molecule has 1 heterocycles. The number of amides is 1. The summed E-state index contributed by atoms with van der Waals surface area (Å²) in [5.74, 6) is -0.242. The molecule has 0 aliphatic heterocycles. The highest BCUT2D eigenvalue weighted by Gasteiger charge is 2.17. The maximum Gasteiger partial charge on any atom is 0.321 e. The predicted molar refractivity (Wildman–Crippen MR) is 76.1 cm³/mol. The number of H-pyrrole nitrogens is 1. The highest BCUT2D eigenvalue weighted by molar-refractivity contribution is 9.10. The lowest BCUT2D eigenvalue weighted by atomic mass is 10.3. The molecule has 0 fully saturated rings. The molecule has 0 unspecified atom stereocenters. The molecule has 2 rings (SSSR count). The Morgan fingerprint density at radius 3 is 2.75 bits per heavy atom. The van der Waals surface area contributed by atoms with Crippen LogP contribution in [0.1, 0.15) is 10.5 Å². The van der Waals surface area contributed by atoms with Gasteiger partial charge in [-0.05, 0) is 29.2 Å². The molecule has 104 valence electrons. The van der Waals surface area contributed by atoms with E-state index in [1.54, 1.807) is 18.2 Å². The maximum atomic E-state index is 12.0. The smallest absolute Gasteiger partial charge is 0.321 e. The van der Waals surface area contributed by atoms with Crippen molar-refractivity contribution in [1.29, 1.82) is 0 Å². The van der Waals surface area contributed by atoms with Crippen LogP contribution in [0.4, 0.5) is 11.5 Å². The number of hydrogen-bond acceptors (Lipinski definition) is 4. The van der Waals surface area contributed by atoms with Gasteiger partial charge in [0, 0.05) is 10.5 Å². The Hall–Kier alpha value is -2.35. The van der Waals surface area contributed by atoms with Crippen LogP contribution in [-0.2, 0) is 0 Å². The van der Waals surface area contributed by atoms with Crippen molar-refractivity contribution in [2.45, 2.75) is 0 Å². The Labute approximate surface area is 122 Å². The summed E-state index contributed by atoms with van der Waals surface area (Å²) in [6.07, 6.45) is 0. The summed E-state index contributed by atoms with van der Waals surface area (Å²) in [4.78, 5) is 24.4. The molecule has 0 atom stereocenters. The number of nitro groups is 1. The fourth-order valence-electron chi connectivity index (χ4n) is 1.59. The third kappa shape index (κ3) is 2.97. The zero-order valence-corrected chi connectivity index (χ0v) is 11.9. The van der Waals surface area contributed by atoms with Crippen molar-refractivity contribution in [2.75, 3.05) is 12.4 Å². The number of aromatic amines is 1. The number of halogens is 1. The average molecular weight is 340 g/mol. The van der Waals surface area contributed by atoms with Crippen molar-refractivity contribution >= 4 is 33.3 Å². The van der Waals surface area contributed by atoms with Gasteiger partial charge >= 0.3 is 5.82 Å². The van der Waals surface area contributed by atoms with E-state index in [1.807, 2.05) is 0 Å². The zero-order chi connectivity index (χ0) is 14.7. The van der Waals surface area contributed by atoms with Gasteiger partial charge in [0.1, 0.15) is 5.75 Å². The summed E-state index contributed by atoms with van der Waals surface area (Å²) >= 11 is 3.29. The predicted octanol–water partition coefficient (Wildman–Crippen LogP) is 2.95. The number of hydrogen-bond donors (Lipinski definition) is 2. The highest BCUT2D eigenvalue weighted by atomic mass is 79.9. The highest BCUT2D eigenvalue weighted by Crippen LogP contribution is 2.28. The van der Waals surface area contributed by atoms with Gasteiger partial charge in [0.05, 0.1) is 12.8 Å². The van der Waals surface area contributed by atoms with Crippen LogP contribution in [0.3, 0.4) is 0 Å². The molecule has 7 nitrogen and oxygen atoms in total. The van der Waals surface area contributed by atoms with Gasteiger partial charge in [0.2, 0.25) is 0 Å². The molecular formula is C12H10BrN3O4. The summed E-state index contributed by atoms with van der Waals surface area (Å²) in [6.45, 7) is 0. The van der Waals surface area contributed by atoms with Crippen molar-refractivity contribution in [1.82, 2.24) is 4.98 Å². The van der Waals surface area contributed by atoms with Crippen molar-refractivity contribution in [3.8, 4) is 5.75 Å². The summed E-state index contributed by atoms with van der Waals surface area (Å²) in [5, 5.41) is 13.2. The van der Waals surface area contributed by atoms with E-state index in [2.05, 4.69) is 26.2 Å². The summed E-state index contributed by atoms with van der Waals surface area (Å²) in [6, 6.07) is 7.71. The van der Waals surface area contributed by atoms with E-state index in [9.17, 15) is 14.9 Å². The number of carbonyl (C=O) groups is 1. The van der Waals surface area contributed by atoms with Crippen LogP contribution in [-0.4, -0.2) is 22.9 Å². The van der Waals surface area contributed by atoms with E-state index in [1.165, 1.54) is 19.2 Å². The van der Waals surface area contributed by atoms with Gasteiger partial charge in [0.15, 0.2) is 5.69 Å². The lowest BCUT2D eigenvalue weighted by Crippen LogP contribution is -2.13. The van der Waals surface area contributed by atoms with Crippen LogP contribution < -0.4 is 10.1 Å². The first kappa shape index (κ1) is 14.1. The lowest BCUT2D eigenvalue weighted by molar-refractivity contribution is -0.389. The summed E-state index contributed by atoms with van der Waals surface area (Å²) in [7, 11) is 1.48. The molecule has 1 aromatic heterocycles. The van der Waals surface area contributed by atoms with Crippen molar-refractivity contribution < 1.29 is 14.5 Å². The fraction of sp³-hybridized carbons (Fsp3) is 0.0833. The van der Waals surface area contributed by atoms with Gasteiger partial charge in [-0.25, -0.2) is 4.98 Å². The van der Waals surface area contributed by atoms with Gasteiger partial charge in [-0.2, -0.15) is 0 Å². The van der Waals surface area contributed by atoms with Crippen LogP contribution >= 0.6 is 15.9 Å². The van der Waals surface area contributed by atoms with Crippen molar-refractivity contribution in [3.05, 3.63) is 50.6 Å². The first-order chi connectivity index (χ1) is 9.51. The molecule has 2 N–H and O–H groups in total. The summed E-state index contributed by atoms with van der Waals surface area (Å²) in [5.41, 5.74) is 0.558. The Bertz CT molecular complexity index is 668. The number of nitrogens with zero attached hydrogens (tertiary/aromatic N) is 1. The third-order valence-corrected chi connectivity index (χ3v) is 3.01. The maximum absolute atomic E-state index is 12.0. The summed E-state index contributed by atoms with van der Waals surface area (Å²) < 4.78 is 5.90. The van der Waals surface area contributed by atoms with Gasteiger partial charge < -0.3 is 20.2 Å². The lowest BCUT2D eigenvalue weighted by Gasteiger charge is -2.09. The van der Waals surface area contributed by atoms with Crippen molar-refractivity contribution in [3.63, 3.8) is 0 Å². The third-order valence-electron chi connectivity index (χ3n) is 2.52. The van der Waals surface area contributed by atoms with Crippen LogP contribution in [0.25, 0.3) is 0 Å². The first-order valence-corrected chi connectivity index (χ1v) is 6.29. The molecule has 1 amide bonds. The topological polar surface area (TPSA) is 97.3 Å². The second-order valence-electron chi connectivity index (χ2n) is 3.81. The second kappa shape index (κ2) is 5.74. The van der Waals surface area contributed by atoms with Crippen LogP contribution in [0.15, 0.2) is 34.8 Å². The minimum Gasteiger partial charge on any atom is -0.495 e. The molecule has 8 heteroatoms. The molecule has 20 heavy (non-hydrogen) atoms. The Morgan fingerprint density at radius 1 is 1.40 bits per heavy atom. The molecule has 0 spiro atoms. The number of methoxy groups -OCH3 is 1. The number of ether oxygens (including phenoxy) is 1. The number of carbonyl (C=O) groups excluding carboxylic acids is 1. The molecule has 0 saturated carbocycles. The first-order valence-electron chi connectivity index (χ1n) is 5.49. The minimum atomic E-state index is -0.601. The van der Waals surface area contributed by atoms with Gasteiger partial charge in [-0.1, -0.05) is 15.9 Å². The average Bonchev–Trinajstić information content (AvgIpc) is 2.89. The quantitative estimate of drug-likeness (QED) is 0.660. The number of nitrogens with one attached hydrogen (secondary N) is 2. The van der Waals surface area contributed by atoms with E-state index in [0.29, 0.717) is 11.4 Å². The molecule has 0 bridgehead atoms. The van der Waals surface area contributed by atoms with Crippen molar-refractivity contribution in [2.24, 2.45) is 0 Å². The number of benzene rings is 1. The molecule has 1 aromatic carbocycles. The van der Waals surface area contributed by atoms with E-state index < -0.39 is 10.8 Å². The monoisotopic (exact) mass is 339 g/mol. The zero-order valence-electron chi connectivity index (χ0n) is 10.3. The van der Waals surface area contributed by atoms with E-state index >= 15 is 0 Å². The van der Waals surface area contributed by atoms with Gasteiger partial charge in [-0.15, -0.1) is 0 Å². The number of rotatable bonds is 4. The van der Waals surface area contributed by atoms with Crippen LogP contribution in [0, 0.1) is 10.1 Å². The number of anilines is 1. The molecule has 0 aliphatic carbocycles. The van der Waals surface area contributed by atoms with E-state index in [4.69, 9.17) is 4.74 Å². The van der Waals surface area contributed by atoms with Gasteiger partial charge in [-0.3, -0.25) is 4.79 Å². The van der Waals surface area contributed by atoms with Crippen LogP contribution in [0.2, 0.25) is 0 Å². The van der Waals surface area contributed by atoms with Crippen LogP contribution in [0.5, 0.6) is 5.75 Å². The fourth-order valence-corrected chi connectivity index (χ4v) is 1.95. The molecule has 0 radical (unpaired) electrons. The molecule has 2 aromatic rings.